The molecule has 2 nitrogen and oxygen atoms in total. The predicted octanol–water partition coefficient (Wildman–Crippen LogP) is 0.953. The molecule has 2 rings (SSSR count). The molecular weight excluding hydrogens is 116 g/mol. The van der Waals surface area contributed by atoms with Crippen molar-refractivity contribution in [2.24, 2.45) is 0 Å². The SMILES string of the molecule is CC1OC1CCC1CO1. The monoisotopic (exact) mass is 128 g/mol. The first-order chi connectivity index (χ1) is 4.36. The largest absolute Gasteiger partial charge is 0.373 e. The van der Waals surface area contributed by atoms with E-state index in [1.54, 1.807) is 0 Å². The molecule has 3 unspecified atom stereocenters. The first kappa shape index (κ1) is 5.69. The lowest BCUT2D eigenvalue weighted by molar-refractivity contribution is 0.345. The second-order valence-corrected chi connectivity index (χ2v) is 2.91. The quantitative estimate of drug-likeness (QED) is 0.529. The minimum Gasteiger partial charge on any atom is -0.373 e. The molecule has 0 aromatic rings. The Morgan fingerprint density at radius 3 is 2.56 bits per heavy atom. The zero-order valence-electron chi connectivity index (χ0n) is 5.67. The maximum absolute atomic E-state index is 5.24. The minimum absolute atomic E-state index is 0.531. The number of hydrogen-bond donors (Lipinski definition) is 0. The average Bonchev–Trinajstić information content (AvgIpc) is 2.60. The molecular formula is C7H12O2. The van der Waals surface area contributed by atoms with Gasteiger partial charge in [-0.3, -0.25) is 0 Å². The Bertz CT molecular complexity index is 109. The Labute approximate surface area is 55.1 Å². The summed E-state index contributed by atoms with van der Waals surface area (Å²) in [7, 11) is 0. The number of rotatable bonds is 3. The third-order valence-corrected chi connectivity index (χ3v) is 2.01. The van der Waals surface area contributed by atoms with Gasteiger partial charge in [-0.1, -0.05) is 0 Å². The van der Waals surface area contributed by atoms with Crippen LogP contribution >= 0.6 is 0 Å². The highest BCUT2D eigenvalue weighted by Gasteiger charge is 2.35. The second kappa shape index (κ2) is 1.96. The zero-order valence-corrected chi connectivity index (χ0v) is 5.67. The van der Waals surface area contributed by atoms with Crippen molar-refractivity contribution in [3.63, 3.8) is 0 Å². The fourth-order valence-corrected chi connectivity index (χ4v) is 1.12. The van der Waals surface area contributed by atoms with E-state index in [-0.39, 0.29) is 0 Å². The Morgan fingerprint density at radius 2 is 2.11 bits per heavy atom. The summed E-state index contributed by atoms with van der Waals surface area (Å²) in [5.41, 5.74) is 0. The topological polar surface area (TPSA) is 25.1 Å². The molecule has 2 saturated heterocycles. The molecule has 0 N–H and O–H groups in total. The molecule has 0 aromatic heterocycles. The van der Waals surface area contributed by atoms with E-state index in [1.165, 1.54) is 12.8 Å². The molecule has 0 aromatic carbocycles. The highest BCUT2D eigenvalue weighted by Crippen LogP contribution is 2.28. The van der Waals surface area contributed by atoms with E-state index in [1.807, 2.05) is 0 Å². The lowest BCUT2D eigenvalue weighted by Gasteiger charge is -1.87. The lowest BCUT2D eigenvalue weighted by Crippen LogP contribution is -1.93. The maximum atomic E-state index is 5.24. The molecule has 0 bridgehead atoms. The number of ether oxygens (including phenoxy) is 2. The van der Waals surface area contributed by atoms with E-state index in [2.05, 4.69) is 6.92 Å². The molecule has 2 heteroatoms. The van der Waals surface area contributed by atoms with Gasteiger partial charge in [0.2, 0.25) is 0 Å². The molecule has 2 fully saturated rings. The van der Waals surface area contributed by atoms with Gasteiger partial charge in [-0.05, 0) is 19.8 Å². The maximum Gasteiger partial charge on any atom is 0.0840 e. The Morgan fingerprint density at radius 1 is 1.44 bits per heavy atom. The van der Waals surface area contributed by atoms with Gasteiger partial charge in [0, 0.05) is 0 Å². The van der Waals surface area contributed by atoms with Crippen LogP contribution in [0.1, 0.15) is 19.8 Å². The van der Waals surface area contributed by atoms with Gasteiger partial charge in [-0.15, -0.1) is 0 Å². The molecule has 3 atom stereocenters. The van der Waals surface area contributed by atoms with Gasteiger partial charge in [0.05, 0.1) is 24.9 Å². The van der Waals surface area contributed by atoms with Crippen LogP contribution in [0.2, 0.25) is 0 Å². The molecule has 2 heterocycles. The van der Waals surface area contributed by atoms with Crippen LogP contribution in [0.25, 0.3) is 0 Å². The Balaban J connectivity index is 1.57. The van der Waals surface area contributed by atoms with Crippen molar-refractivity contribution < 1.29 is 9.47 Å². The zero-order chi connectivity index (χ0) is 6.27. The van der Waals surface area contributed by atoms with Crippen LogP contribution in [0.4, 0.5) is 0 Å². The van der Waals surface area contributed by atoms with Crippen molar-refractivity contribution in [2.45, 2.75) is 38.1 Å². The number of hydrogen-bond acceptors (Lipinski definition) is 2. The highest BCUT2D eigenvalue weighted by molar-refractivity contribution is 4.82. The van der Waals surface area contributed by atoms with Crippen LogP contribution in [0.15, 0.2) is 0 Å². The smallest absolute Gasteiger partial charge is 0.0840 e. The minimum atomic E-state index is 0.531. The molecule has 9 heavy (non-hydrogen) atoms. The van der Waals surface area contributed by atoms with Gasteiger partial charge in [0.25, 0.3) is 0 Å². The Hall–Kier alpha value is -0.0800. The third-order valence-electron chi connectivity index (χ3n) is 2.01. The average molecular weight is 128 g/mol. The summed E-state index contributed by atoms with van der Waals surface area (Å²) in [6.07, 6.45) is 4.08. The van der Waals surface area contributed by atoms with E-state index < -0.39 is 0 Å². The summed E-state index contributed by atoms with van der Waals surface area (Å²) in [5, 5.41) is 0. The van der Waals surface area contributed by atoms with Crippen molar-refractivity contribution in [3.8, 4) is 0 Å². The normalized spacial score (nSPS) is 47.0. The molecule has 2 aliphatic heterocycles. The molecule has 0 amide bonds. The van der Waals surface area contributed by atoms with Crippen LogP contribution in [0, 0.1) is 0 Å². The van der Waals surface area contributed by atoms with Crippen molar-refractivity contribution in [3.05, 3.63) is 0 Å². The fourth-order valence-electron chi connectivity index (χ4n) is 1.12. The molecule has 0 spiro atoms. The first-order valence-corrected chi connectivity index (χ1v) is 3.63. The highest BCUT2D eigenvalue weighted by atomic mass is 16.6. The summed E-state index contributed by atoms with van der Waals surface area (Å²) < 4.78 is 10.3. The summed E-state index contributed by atoms with van der Waals surface area (Å²) in [4.78, 5) is 0. The molecule has 2 aliphatic rings. The van der Waals surface area contributed by atoms with Crippen LogP contribution in [-0.4, -0.2) is 24.9 Å². The molecule has 0 radical (unpaired) electrons. The first-order valence-electron chi connectivity index (χ1n) is 3.63. The van der Waals surface area contributed by atoms with E-state index >= 15 is 0 Å². The Kier molecular flexibility index (Phi) is 1.24. The third kappa shape index (κ3) is 1.43. The van der Waals surface area contributed by atoms with Crippen LogP contribution in [-0.2, 0) is 9.47 Å². The van der Waals surface area contributed by atoms with Gasteiger partial charge < -0.3 is 9.47 Å². The van der Waals surface area contributed by atoms with Gasteiger partial charge in [0.1, 0.15) is 0 Å². The summed E-state index contributed by atoms with van der Waals surface area (Å²) in [6, 6.07) is 0. The van der Waals surface area contributed by atoms with E-state index in [0.717, 1.165) is 6.61 Å². The van der Waals surface area contributed by atoms with Gasteiger partial charge in [0.15, 0.2) is 0 Å². The van der Waals surface area contributed by atoms with E-state index in [4.69, 9.17) is 9.47 Å². The second-order valence-electron chi connectivity index (χ2n) is 2.91. The van der Waals surface area contributed by atoms with Crippen LogP contribution in [0.5, 0.6) is 0 Å². The lowest BCUT2D eigenvalue weighted by atomic mass is 10.2. The molecule has 0 aliphatic carbocycles. The van der Waals surface area contributed by atoms with Crippen molar-refractivity contribution in [1.82, 2.24) is 0 Å². The predicted molar refractivity (Wildman–Crippen MR) is 33.3 cm³/mol. The van der Waals surface area contributed by atoms with E-state index in [9.17, 15) is 0 Å². The van der Waals surface area contributed by atoms with Crippen LogP contribution < -0.4 is 0 Å². The van der Waals surface area contributed by atoms with Crippen molar-refractivity contribution in [1.29, 1.82) is 0 Å². The summed E-state index contributed by atoms with van der Waals surface area (Å²) >= 11 is 0. The fraction of sp³-hybridized carbons (Fsp3) is 1.00. The van der Waals surface area contributed by atoms with Gasteiger partial charge >= 0.3 is 0 Å². The van der Waals surface area contributed by atoms with Crippen molar-refractivity contribution in [2.75, 3.05) is 6.61 Å². The van der Waals surface area contributed by atoms with Gasteiger partial charge in [-0.2, -0.15) is 0 Å². The molecule has 52 valence electrons. The van der Waals surface area contributed by atoms with Gasteiger partial charge in [-0.25, -0.2) is 0 Å². The summed E-state index contributed by atoms with van der Waals surface area (Å²) in [6.45, 7) is 3.11. The van der Waals surface area contributed by atoms with E-state index in [0.29, 0.717) is 18.3 Å². The molecule has 0 saturated carbocycles. The van der Waals surface area contributed by atoms with Crippen LogP contribution in [0.3, 0.4) is 0 Å². The van der Waals surface area contributed by atoms with Crippen molar-refractivity contribution >= 4 is 0 Å². The number of epoxide rings is 2. The standard InChI is InChI=1S/C7H12O2/c1-5-7(9-5)3-2-6-4-8-6/h5-7H,2-4H2,1H3. The summed E-state index contributed by atoms with van der Waals surface area (Å²) in [5.74, 6) is 0.